The van der Waals surface area contributed by atoms with Crippen molar-refractivity contribution in [1.29, 1.82) is 0 Å². The lowest BCUT2D eigenvalue weighted by molar-refractivity contribution is 0.0940. The number of benzene rings is 3. The molecule has 0 radical (unpaired) electrons. The molecule has 0 atom stereocenters. The number of carbonyl (C=O) groups excluding carboxylic acids is 1. The Balaban J connectivity index is 2.02. The van der Waals surface area contributed by atoms with Gasteiger partial charge in [-0.3, -0.25) is 4.79 Å². The summed E-state index contributed by atoms with van der Waals surface area (Å²) in [6, 6.07) is 15.7. The molecule has 0 saturated heterocycles. The van der Waals surface area contributed by atoms with Gasteiger partial charge in [0.1, 0.15) is 23.0 Å². The average Bonchev–Trinajstić information content (AvgIpc) is 2.71. The van der Waals surface area contributed by atoms with Crippen LogP contribution in [0.2, 0.25) is 0 Å². The number of hydrogen-bond acceptors (Lipinski definition) is 6. The molecule has 0 heterocycles. The molecule has 7 heteroatoms. The number of phenolic OH excluding ortho intramolecular Hbond substituents is 4. The Morgan fingerprint density at radius 2 is 1.48 bits per heavy atom. The first-order valence-electron chi connectivity index (χ1n) is 9.91. The van der Waals surface area contributed by atoms with E-state index in [1.54, 1.807) is 36.4 Å². The van der Waals surface area contributed by atoms with Gasteiger partial charge in [-0.1, -0.05) is 18.2 Å². The van der Waals surface area contributed by atoms with Crippen LogP contribution >= 0.6 is 0 Å². The summed E-state index contributed by atoms with van der Waals surface area (Å²) in [5.41, 5.74) is 1.83. The molecule has 0 spiro atoms. The van der Waals surface area contributed by atoms with Crippen LogP contribution in [-0.2, 0) is 13.1 Å². The number of phenols is 4. The zero-order chi connectivity index (χ0) is 22.5. The molecule has 0 aromatic heterocycles. The number of carbonyl (C=O) groups is 1. The molecule has 0 aliphatic carbocycles. The lowest BCUT2D eigenvalue weighted by Crippen LogP contribution is -2.30. The number of hydrogen-bond donors (Lipinski definition) is 5. The summed E-state index contributed by atoms with van der Waals surface area (Å²) in [5.74, 6) is -0.416. The Morgan fingerprint density at radius 1 is 0.839 bits per heavy atom. The number of rotatable bonds is 7. The summed E-state index contributed by atoms with van der Waals surface area (Å²) >= 11 is 0. The zero-order valence-electron chi connectivity index (χ0n) is 17.4. The van der Waals surface area contributed by atoms with Gasteiger partial charge in [-0.05, 0) is 56.3 Å². The van der Waals surface area contributed by atoms with Crippen molar-refractivity contribution in [3.05, 3.63) is 77.4 Å². The summed E-state index contributed by atoms with van der Waals surface area (Å²) in [5, 5.41) is 43.3. The van der Waals surface area contributed by atoms with Crippen molar-refractivity contribution in [1.82, 2.24) is 5.32 Å². The van der Waals surface area contributed by atoms with E-state index in [-0.39, 0.29) is 47.7 Å². The first-order chi connectivity index (χ1) is 14.7. The monoisotopic (exact) mass is 422 g/mol. The Labute approximate surface area is 180 Å². The third-order valence-electron chi connectivity index (χ3n) is 4.79. The molecular weight excluding hydrogens is 396 g/mol. The maximum absolute atomic E-state index is 12.5. The summed E-state index contributed by atoms with van der Waals surface area (Å²) in [6.45, 7) is 4.10. The average molecular weight is 422 g/mol. The second-order valence-electron chi connectivity index (χ2n) is 7.63. The third kappa shape index (κ3) is 5.39. The van der Waals surface area contributed by atoms with Gasteiger partial charge >= 0.3 is 0 Å². The fourth-order valence-electron chi connectivity index (χ4n) is 3.24. The molecule has 3 aromatic rings. The maximum Gasteiger partial charge on any atom is 0.255 e. The molecule has 31 heavy (non-hydrogen) atoms. The van der Waals surface area contributed by atoms with Crippen molar-refractivity contribution in [3.63, 3.8) is 0 Å². The van der Waals surface area contributed by atoms with E-state index in [2.05, 4.69) is 5.32 Å². The van der Waals surface area contributed by atoms with Crippen LogP contribution in [0, 0.1) is 0 Å². The second-order valence-corrected chi connectivity index (χ2v) is 7.63. The van der Waals surface area contributed by atoms with Gasteiger partial charge in [0.05, 0.1) is 5.56 Å². The smallest absolute Gasteiger partial charge is 0.255 e. The van der Waals surface area contributed by atoms with Gasteiger partial charge < -0.3 is 30.6 Å². The summed E-state index contributed by atoms with van der Waals surface area (Å²) in [4.78, 5) is 14.3. The lowest BCUT2D eigenvalue weighted by atomic mass is 10.1. The molecule has 0 bridgehead atoms. The van der Waals surface area contributed by atoms with E-state index >= 15 is 0 Å². The van der Waals surface area contributed by atoms with Crippen LogP contribution in [0.15, 0.2) is 60.7 Å². The van der Waals surface area contributed by atoms with Gasteiger partial charge in [0.25, 0.3) is 5.91 Å². The van der Waals surface area contributed by atoms with E-state index < -0.39 is 5.91 Å². The van der Waals surface area contributed by atoms with E-state index in [0.29, 0.717) is 16.8 Å². The fourth-order valence-corrected chi connectivity index (χ4v) is 3.24. The van der Waals surface area contributed by atoms with Crippen molar-refractivity contribution >= 4 is 11.6 Å². The standard InChI is InChI=1S/C24H26N2O5/c1-15(2)25-24(31)20-12-18(7-9-23(20)30)26(13-16-5-3-4-6-21(16)28)14-17-11-19(27)8-10-22(17)29/h3-12,15,27-30H,13-14H2,1-2H3,(H,25,31). The Morgan fingerprint density at radius 3 is 2.19 bits per heavy atom. The maximum atomic E-state index is 12.5. The Bertz CT molecular complexity index is 1080. The molecule has 0 unspecified atom stereocenters. The van der Waals surface area contributed by atoms with Crippen molar-refractivity contribution in [2.75, 3.05) is 4.90 Å². The van der Waals surface area contributed by atoms with Gasteiger partial charge in [0.2, 0.25) is 0 Å². The highest BCUT2D eigenvalue weighted by atomic mass is 16.3. The van der Waals surface area contributed by atoms with Crippen molar-refractivity contribution in [3.8, 4) is 23.0 Å². The van der Waals surface area contributed by atoms with Gasteiger partial charge in [0, 0.05) is 35.9 Å². The minimum Gasteiger partial charge on any atom is -0.508 e. The zero-order valence-corrected chi connectivity index (χ0v) is 17.4. The summed E-state index contributed by atoms with van der Waals surface area (Å²) < 4.78 is 0. The first kappa shape index (κ1) is 21.8. The molecule has 7 nitrogen and oxygen atoms in total. The molecule has 0 aliphatic heterocycles. The highest BCUT2D eigenvalue weighted by Gasteiger charge is 2.18. The fraction of sp³-hybridized carbons (Fsp3) is 0.208. The Kier molecular flexibility index (Phi) is 6.55. The van der Waals surface area contributed by atoms with Crippen LogP contribution < -0.4 is 10.2 Å². The molecule has 3 rings (SSSR count). The van der Waals surface area contributed by atoms with Crippen LogP contribution in [0.25, 0.3) is 0 Å². The number of aromatic hydroxyl groups is 4. The van der Waals surface area contributed by atoms with Crippen LogP contribution in [0.5, 0.6) is 23.0 Å². The van der Waals surface area contributed by atoms with Crippen LogP contribution in [-0.4, -0.2) is 32.4 Å². The first-order valence-corrected chi connectivity index (χ1v) is 9.91. The highest BCUT2D eigenvalue weighted by Crippen LogP contribution is 2.31. The minimum absolute atomic E-state index is 0.0108. The third-order valence-corrected chi connectivity index (χ3v) is 4.79. The molecule has 5 N–H and O–H groups in total. The summed E-state index contributed by atoms with van der Waals surface area (Å²) in [6.07, 6.45) is 0. The van der Waals surface area contributed by atoms with Crippen LogP contribution in [0.1, 0.15) is 35.3 Å². The molecule has 162 valence electrons. The highest BCUT2D eigenvalue weighted by molar-refractivity contribution is 5.98. The topological polar surface area (TPSA) is 113 Å². The van der Waals surface area contributed by atoms with Gasteiger partial charge in [-0.15, -0.1) is 0 Å². The van der Waals surface area contributed by atoms with E-state index in [1.165, 1.54) is 24.3 Å². The van der Waals surface area contributed by atoms with Gasteiger partial charge in [0.15, 0.2) is 0 Å². The number of nitrogens with zero attached hydrogens (tertiary/aromatic N) is 1. The van der Waals surface area contributed by atoms with E-state index in [4.69, 9.17) is 0 Å². The lowest BCUT2D eigenvalue weighted by Gasteiger charge is -2.27. The molecular formula is C24H26N2O5. The molecule has 1 amide bonds. The number of amides is 1. The van der Waals surface area contributed by atoms with Crippen molar-refractivity contribution in [2.24, 2.45) is 0 Å². The quantitative estimate of drug-likeness (QED) is 0.370. The summed E-state index contributed by atoms with van der Waals surface area (Å²) in [7, 11) is 0. The van der Waals surface area contributed by atoms with E-state index in [1.807, 2.05) is 18.7 Å². The normalized spacial score (nSPS) is 10.8. The predicted molar refractivity (Wildman–Crippen MR) is 118 cm³/mol. The predicted octanol–water partition coefficient (Wildman–Crippen LogP) is 3.85. The molecule has 0 fully saturated rings. The largest absolute Gasteiger partial charge is 0.508 e. The molecule has 0 aliphatic rings. The van der Waals surface area contributed by atoms with Crippen LogP contribution in [0.4, 0.5) is 5.69 Å². The van der Waals surface area contributed by atoms with E-state index in [9.17, 15) is 25.2 Å². The number of nitrogens with one attached hydrogen (secondary N) is 1. The van der Waals surface area contributed by atoms with Crippen molar-refractivity contribution < 1.29 is 25.2 Å². The minimum atomic E-state index is -0.405. The second kappa shape index (κ2) is 9.30. The molecule has 0 saturated carbocycles. The molecule has 3 aromatic carbocycles. The van der Waals surface area contributed by atoms with Crippen LogP contribution in [0.3, 0.4) is 0 Å². The van der Waals surface area contributed by atoms with Gasteiger partial charge in [-0.25, -0.2) is 0 Å². The van der Waals surface area contributed by atoms with Crippen molar-refractivity contribution in [2.45, 2.75) is 33.0 Å². The van der Waals surface area contributed by atoms with E-state index in [0.717, 1.165) is 0 Å². The SMILES string of the molecule is CC(C)NC(=O)c1cc(N(Cc2ccccc2O)Cc2cc(O)ccc2O)ccc1O. The number of para-hydroxylation sites is 1. The van der Waals surface area contributed by atoms with Gasteiger partial charge in [-0.2, -0.15) is 0 Å². The Hall–Kier alpha value is -3.87. The number of anilines is 1.